The molecule has 9 heteroatoms. The van der Waals surface area contributed by atoms with E-state index in [-0.39, 0.29) is 22.8 Å². The maximum atomic E-state index is 13.3. The second-order valence-corrected chi connectivity index (χ2v) is 13.2. The fourth-order valence-corrected chi connectivity index (χ4v) is 7.43. The molecule has 0 saturated carbocycles. The monoisotopic (exact) mass is 716 g/mol. The Labute approximate surface area is 315 Å². The summed E-state index contributed by atoms with van der Waals surface area (Å²) in [6.45, 7) is 1.34. The van der Waals surface area contributed by atoms with Crippen LogP contribution >= 0.6 is 0 Å². The highest BCUT2D eigenvalue weighted by Crippen LogP contribution is 2.42. The summed E-state index contributed by atoms with van der Waals surface area (Å²) in [6.07, 6.45) is 4.07. The topological polar surface area (TPSA) is 130 Å². The molecule has 264 valence electrons. The van der Waals surface area contributed by atoms with Crippen molar-refractivity contribution in [2.45, 2.75) is 6.92 Å². The van der Waals surface area contributed by atoms with E-state index in [1.807, 2.05) is 158 Å². The lowest BCUT2D eigenvalue weighted by Crippen LogP contribution is -2.20. The molecule has 8 bridgehead atoms. The van der Waals surface area contributed by atoms with Crippen molar-refractivity contribution in [3.8, 4) is 44.5 Å². The van der Waals surface area contributed by atoms with Crippen LogP contribution in [0.25, 0.3) is 90.1 Å². The predicted molar refractivity (Wildman–Crippen MR) is 219 cm³/mol. The molecule has 9 rings (SSSR count). The third-order valence-corrected chi connectivity index (χ3v) is 9.73. The van der Waals surface area contributed by atoms with E-state index in [4.69, 9.17) is 9.97 Å². The number of nitrogens with one attached hydrogen (secondary N) is 3. The number of hydrogen-bond donors (Lipinski definition) is 3. The van der Waals surface area contributed by atoms with Crippen LogP contribution < -0.4 is 5.32 Å². The molecule has 0 atom stereocenters. The Hall–Kier alpha value is -7.65. The van der Waals surface area contributed by atoms with Gasteiger partial charge in [0.05, 0.1) is 16.3 Å². The number of H-pyrrole nitrogens is 2. The molecule has 0 fully saturated rings. The minimum atomic E-state index is -0.461. The second kappa shape index (κ2) is 13.7. The molecule has 0 unspecified atom stereocenters. The number of hydrogen-bond acceptors (Lipinski definition) is 5. The van der Waals surface area contributed by atoms with Crippen LogP contribution in [0.15, 0.2) is 146 Å². The van der Waals surface area contributed by atoms with Crippen molar-refractivity contribution in [2.24, 2.45) is 0 Å². The molecule has 0 saturated heterocycles. The maximum absolute atomic E-state index is 13.3. The number of carbonyl (C=O) groups is 1. The highest BCUT2D eigenvalue weighted by atomic mass is 16.6. The van der Waals surface area contributed by atoms with Crippen LogP contribution in [0.2, 0.25) is 0 Å². The van der Waals surface area contributed by atoms with Gasteiger partial charge in [-0.3, -0.25) is 14.9 Å². The lowest BCUT2D eigenvalue weighted by Gasteiger charge is -2.09. The molecule has 5 heterocycles. The zero-order valence-corrected chi connectivity index (χ0v) is 29.6. The number of carbonyl (C=O) groups excluding carboxylic acids is 1. The largest absolute Gasteiger partial charge is 0.354 e. The van der Waals surface area contributed by atoms with Crippen LogP contribution in [-0.4, -0.2) is 30.8 Å². The molecule has 55 heavy (non-hydrogen) atoms. The van der Waals surface area contributed by atoms with Gasteiger partial charge in [-0.1, -0.05) is 121 Å². The van der Waals surface area contributed by atoms with Gasteiger partial charge in [-0.2, -0.15) is 0 Å². The van der Waals surface area contributed by atoms with Gasteiger partial charge in [-0.25, -0.2) is 9.97 Å². The SMILES string of the molecule is CC(=O)NC1=C([N+](=O)[O-])c2nc1c(-c1ccccc1)c1ccc([nH]1)c(-c1ccccc1)c1nc(c(-c3ccccc3)c3ccc([nH]3)c2-c2ccccc2)C=C1. The van der Waals surface area contributed by atoms with Crippen LogP contribution in [-0.2, 0) is 4.79 Å². The molecular weight excluding hydrogens is 685 g/mol. The van der Waals surface area contributed by atoms with Gasteiger partial charge in [0.2, 0.25) is 5.91 Å². The van der Waals surface area contributed by atoms with Gasteiger partial charge in [0.25, 0.3) is 0 Å². The molecule has 0 radical (unpaired) electrons. The van der Waals surface area contributed by atoms with E-state index in [2.05, 4.69) is 15.3 Å². The fourth-order valence-electron chi connectivity index (χ4n) is 7.43. The summed E-state index contributed by atoms with van der Waals surface area (Å²) in [7, 11) is 0. The minimum Gasteiger partial charge on any atom is -0.354 e. The van der Waals surface area contributed by atoms with Crippen molar-refractivity contribution in [2.75, 3.05) is 0 Å². The lowest BCUT2D eigenvalue weighted by atomic mass is 10.0. The minimum absolute atomic E-state index is 0.0118. The Kier molecular flexibility index (Phi) is 8.28. The number of nitrogens with zero attached hydrogens (tertiary/aromatic N) is 3. The summed E-state index contributed by atoms with van der Waals surface area (Å²) in [5.74, 6) is -0.461. The Morgan fingerprint density at radius 3 is 1.27 bits per heavy atom. The van der Waals surface area contributed by atoms with Gasteiger partial charge in [0, 0.05) is 51.2 Å². The first kappa shape index (κ1) is 33.2. The van der Waals surface area contributed by atoms with E-state index < -0.39 is 10.8 Å². The lowest BCUT2D eigenvalue weighted by molar-refractivity contribution is -0.374. The average Bonchev–Trinajstić information content (AvgIpc) is 4.03. The predicted octanol–water partition coefficient (Wildman–Crippen LogP) is 10.4. The first-order valence-corrected chi connectivity index (χ1v) is 17.8. The number of fused-ring (bicyclic) bond motifs is 8. The molecule has 4 aromatic carbocycles. The molecule has 7 aromatic rings. The fraction of sp³-hybridized carbons (Fsp3) is 0.0217. The molecule has 2 aliphatic heterocycles. The van der Waals surface area contributed by atoms with Gasteiger partial charge in [0.15, 0.2) is 5.69 Å². The van der Waals surface area contributed by atoms with Crippen molar-refractivity contribution in [1.82, 2.24) is 25.3 Å². The third kappa shape index (κ3) is 5.99. The number of amides is 1. The Balaban J connectivity index is 1.56. The summed E-state index contributed by atoms with van der Waals surface area (Å²) in [5, 5.41) is 16.2. The summed E-state index contributed by atoms with van der Waals surface area (Å²) in [5.41, 5.74) is 10.6. The van der Waals surface area contributed by atoms with Crippen LogP contribution in [0, 0.1) is 10.1 Å². The van der Waals surface area contributed by atoms with E-state index in [0.29, 0.717) is 27.7 Å². The molecule has 0 spiro atoms. The zero-order chi connectivity index (χ0) is 37.5. The third-order valence-electron chi connectivity index (χ3n) is 9.73. The Morgan fingerprint density at radius 2 is 0.891 bits per heavy atom. The average molecular weight is 717 g/mol. The van der Waals surface area contributed by atoms with Crippen LogP contribution in [0.4, 0.5) is 0 Å². The summed E-state index contributed by atoms with van der Waals surface area (Å²) >= 11 is 0. The van der Waals surface area contributed by atoms with E-state index in [1.165, 1.54) is 6.92 Å². The first-order chi connectivity index (χ1) is 26.9. The number of aromatic amines is 2. The van der Waals surface area contributed by atoms with Crippen LogP contribution in [0.1, 0.15) is 29.7 Å². The highest BCUT2D eigenvalue weighted by Gasteiger charge is 2.36. The number of nitro groups is 1. The van der Waals surface area contributed by atoms with E-state index in [1.54, 1.807) is 0 Å². The maximum Gasteiger partial charge on any atom is 0.321 e. The zero-order valence-electron chi connectivity index (χ0n) is 29.6. The standard InChI is InChI=1S/C46H32N6O3/c1-28(53)47-45-43-41(31-18-10-4-11-19-31)37-26-24-35(49-37)39(29-14-6-2-7-15-29)33-22-23-34(48-33)40(30-16-8-3-9-17-30)36-25-27-38(50-36)42(32-20-12-5-13-21-32)44(51-43)46(45)52(54)55/h2-27,49-50H,1H3,(H,47,53). The van der Waals surface area contributed by atoms with Gasteiger partial charge < -0.3 is 15.3 Å². The van der Waals surface area contributed by atoms with E-state index in [9.17, 15) is 14.9 Å². The normalized spacial score (nSPS) is 12.2. The summed E-state index contributed by atoms with van der Waals surface area (Å²) in [6, 6.07) is 47.0. The van der Waals surface area contributed by atoms with Gasteiger partial charge in [-0.05, 0) is 58.7 Å². The van der Waals surface area contributed by atoms with Gasteiger partial charge in [0.1, 0.15) is 11.4 Å². The molecule has 2 aliphatic rings. The Bertz CT molecular complexity index is 2880. The molecule has 9 nitrogen and oxygen atoms in total. The highest BCUT2D eigenvalue weighted by molar-refractivity contribution is 6.06. The number of aromatic nitrogens is 4. The molecule has 3 N–H and O–H groups in total. The second-order valence-electron chi connectivity index (χ2n) is 13.2. The molecule has 0 aliphatic carbocycles. The van der Waals surface area contributed by atoms with E-state index in [0.717, 1.165) is 50.2 Å². The number of benzene rings is 4. The van der Waals surface area contributed by atoms with Crippen LogP contribution in [0.5, 0.6) is 0 Å². The smallest absolute Gasteiger partial charge is 0.321 e. The van der Waals surface area contributed by atoms with Crippen molar-refractivity contribution in [3.05, 3.63) is 178 Å². The quantitative estimate of drug-likeness (QED) is 0.116. The van der Waals surface area contributed by atoms with Gasteiger partial charge in [-0.15, -0.1) is 0 Å². The molecule has 1 amide bonds. The summed E-state index contributed by atoms with van der Waals surface area (Å²) < 4.78 is 0. The van der Waals surface area contributed by atoms with Crippen LogP contribution in [0.3, 0.4) is 0 Å². The molecule has 3 aromatic heterocycles. The number of rotatable bonds is 6. The van der Waals surface area contributed by atoms with Crippen molar-refractivity contribution >= 4 is 51.5 Å². The van der Waals surface area contributed by atoms with Crippen molar-refractivity contribution in [1.29, 1.82) is 0 Å². The summed E-state index contributed by atoms with van der Waals surface area (Å²) in [4.78, 5) is 43.5. The van der Waals surface area contributed by atoms with Crippen molar-refractivity contribution in [3.63, 3.8) is 0 Å². The molecular formula is C46H32N6O3. The Morgan fingerprint density at radius 1 is 0.527 bits per heavy atom. The van der Waals surface area contributed by atoms with Crippen molar-refractivity contribution < 1.29 is 9.72 Å². The van der Waals surface area contributed by atoms with Gasteiger partial charge >= 0.3 is 5.70 Å². The van der Waals surface area contributed by atoms with E-state index >= 15 is 0 Å². The first-order valence-electron chi connectivity index (χ1n) is 17.8.